The molecule has 33 heavy (non-hydrogen) atoms. The summed E-state index contributed by atoms with van der Waals surface area (Å²) < 4.78 is 16.4. The first kappa shape index (κ1) is 22.3. The van der Waals surface area contributed by atoms with Crippen molar-refractivity contribution in [1.29, 1.82) is 0 Å². The molecule has 1 aromatic heterocycles. The number of ether oxygens (including phenoxy) is 2. The highest BCUT2D eigenvalue weighted by Crippen LogP contribution is 2.35. The zero-order valence-electron chi connectivity index (χ0n) is 18.8. The minimum absolute atomic E-state index is 0.0130. The molecule has 1 aliphatic rings. The second-order valence-electron chi connectivity index (χ2n) is 7.93. The third-order valence-electron chi connectivity index (χ3n) is 4.98. The molecule has 2 heterocycles. The van der Waals surface area contributed by atoms with Crippen LogP contribution in [0.1, 0.15) is 43.4 Å². The van der Waals surface area contributed by atoms with Crippen molar-refractivity contribution in [2.24, 2.45) is 0 Å². The molecule has 172 valence electrons. The van der Waals surface area contributed by atoms with Crippen LogP contribution in [-0.2, 0) is 11.3 Å². The van der Waals surface area contributed by atoms with E-state index < -0.39 is 5.91 Å². The molecule has 0 fully saturated rings. The van der Waals surface area contributed by atoms with Crippen molar-refractivity contribution in [2.75, 3.05) is 18.1 Å². The largest absolute Gasteiger partial charge is 0.491 e. The summed E-state index contributed by atoms with van der Waals surface area (Å²) in [5.41, 5.74) is 2.25. The van der Waals surface area contributed by atoms with Crippen molar-refractivity contribution >= 4 is 17.5 Å². The average Bonchev–Trinajstić information content (AvgIpc) is 3.30. The van der Waals surface area contributed by atoms with Crippen LogP contribution in [0, 0.1) is 0 Å². The van der Waals surface area contributed by atoms with Gasteiger partial charge in [-0.1, -0.05) is 24.2 Å². The molecule has 2 amide bonds. The number of benzene rings is 2. The second-order valence-corrected chi connectivity index (χ2v) is 7.93. The Hall–Kier alpha value is -3.88. The standard InChI is InChI=1S/C24H26N4O5/c1-4-11-28-19-10-7-17(12-20(19)31-14-21(28)29)22-26-24(33-27-22)23(30)25-13-16-5-8-18(9-6-16)32-15(2)3/h5-10,12,15H,4,11,13-14H2,1-3H3,(H,25,30). The molecule has 0 saturated carbocycles. The number of carbonyl (C=O) groups is 2. The predicted octanol–water partition coefficient (Wildman–Crippen LogP) is 3.59. The summed E-state index contributed by atoms with van der Waals surface area (Å²) in [5, 5.41) is 6.69. The van der Waals surface area contributed by atoms with Crippen LogP contribution in [-0.4, -0.2) is 41.2 Å². The lowest BCUT2D eigenvalue weighted by Gasteiger charge is -2.29. The van der Waals surface area contributed by atoms with Crippen LogP contribution < -0.4 is 19.7 Å². The Morgan fingerprint density at radius 1 is 1.21 bits per heavy atom. The van der Waals surface area contributed by atoms with Crippen molar-refractivity contribution < 1.29 is 23.6 Å². The number of hydrogen-bond acceptors (Lipinski definition) is 7. The molecule has 1 aliphatic heterocycles. The van der Waals surface area contributed by atoms with Crippen molar-refractivity contribution in [1.82, 2.24) is 15.5 Å². The summed E-state index contributed by atoms with van der Waals surface area (Å²) in [6, 6.07) is 12.8. The molecule has 3 aromatic rings. The number of rotatable bonds is 8. The molecule has 0 radical (unpaired) electrons. The van der Waals surface area contributed by atoms with Crippen LogP contribution in [0.4, 0.5) is 5.69 Å². The van der Waals surface area contributed by atoms with Crippen LogP contribution in [0.25, 0.3) is 11.4 Å². The number of nitrogens with zero attached hydrogens (tertiary/aromatic N) is 3. The molecule has 0 saturated heterocycles. The van der Waals surface area contributed by atoms with E-state index in [-0.39, 0.29) is 30.3 Å². The summed E-state index contributed by atoms with van der Waals surface area (Å²) in [6.45, 7) is 6.86. The van der Waals surface area contributed by atoms with Crippen molar-refractivity contribution in [3.63, 3.8) is 0 Å². The van der Waals surface area contributed by atoms with E-state index in [0.29, 0.717) is 30.1 Å². The third-order valence-corrected chi connectivity index (χ3v) is 4.98. The molecular weight excluding hydrogens is 424 g/mol. The average molecular weight is 450 g/mol. The van der Waals surface area contributed by atoms with Gasteiger partial charge in [0.2, 0.25) is 5.82 Å². The first-order valence-corrected chi connectivity index (χ1v) is 10.9. The van der Waals surface area contributed by atoms with Gasteiger partial charge in [-0.05, 0) is 56.2 Å². The summed E-state index contributed by atoms with van der Waals surface area (Å²) >= 11 is 0. The van der Waals surface area contributed by atoms with Crippen molar-refractivity contribution in [3.8, 4) is 22.9 Å². The van der Waals surface area contributed by atoms with Crippen molar-refractivity contribution in [3.05, 3.63) is 53.9 Å². The first-order valence-electron chi connectivity index (χ1n) is 10.9. The predicted molar refractivity (Wildman–Crippen MR) is 121 cm³/mol. The zero-order chi connectivity index (χ0) is 23.4. The van der Waals surface area contributed by atoms with E-state index in [1.807, 2.05) is 45.0 Å². The van der Waals surface area contributed by atoms with E-state index in [2.05, 4.69) is 15.5 Å². The fourth-order valence-electron chi connectivity index (χ4n) is 3.46. The number of fused-ring (bicyclic) bond motifs is 1. The Morgan fingerprint density at radius 3 is 2.73 bits per heavy atom. The molecule has 0 unspecified atom stereocenters. The van der Waals surface area contributed by atoms with Crippen LogP contribution in [0.3, 0.4) is 0 Å². The normalized spacial score (nSPS) is 13.0. The van der Waals surface area contributed by atoms with Gasteiger partial charge in [0.05, 0.1) is 11.8 Å². The maximum Gasteiger partial charge on any atom is 0.316 e. The lowest BCUT2D eigenvalue weighted by molar-refractivity contribution is -0.121. The van der Waals surface area contributed by atoms with Gasteiger partial charge in [-0.15, -0.1) is 0 Å². The fraction of sp³-hybridized carbons (Fsp3) is 0.333. The molecule has 0 spiro atoms. The van der Waals surface area contributed by atoms with Gasteiger partial charge >= 0.3 is 11.8 Å². The topological polar surface area (TPSA) is 107 Å². The highest BCUT2D eigenvalue weighted by molar-refractivity contribution is 5.98. The summed E-state index contributed by atoms with van der Waals surface area (Å²) in [6.07, 6.45) is 0.938. The van der Waals surface area contributed by atoms with Crippen LogP contribution in [0.15, 0.2) is 47.0 Å². The van der Waals surface area contributed by atoms with Gasteiger partial charge in [0.25, 0.3) is 5.91 Å². The smallest absolute Gasteiger partial charge is 0.316 e. The molecule has 1 N–H and O–H groups in total. The van der Waals surface area contributed by atoms with Crippen LogP contribution in [0.2, 0.25) is 0 Å². The highest BCUT2D eigenvalue weighted by atomic mass is 16.5. The molecule has 0 bridgehead atoms. The van der Waals surface area contributed by atoms with E-state index in [1.54, 1.807) is 23.1 Å². The Balaban J connectivity index is 1.41. The number of hydrogen-bond donors (Lipinski definition) is 1. The molecule has 0 atom stereocenters. The van der Waals surface area contributed by atoms with Gasteiger partial charge in [-0.3, -0.25) is 9.59 Å². The lowest BCUT2D eigenvalue weighted by atomic mass is 10.1. The fourth-order valence-corrected chi connectivity index (χ4v) is 3.46. The maximum absolute atomic E-state index is 12.5. The highest BCUT2D eigenvalue weighted by Gasteiger charge is 2.26. The molecule has 4 rings (SSSR count). The van der Waals surface area contributed by atoms with Crippen LogP contribution >= 0.6 is 0 Å². The molecule has 9 heteroatoms. The number of aromatic nitrogens is 2. The number of amides is 2. The van der Waals surface area contributed by atoms with Gasteiger partial charge in [0, 0.05) is 18.7 Å². The summed E-state index contributed by atoms with van der Waals surface area (Å²) in [7, 11) is 0. The minimum Gasteiger partial charge on any atom is -0.491 e. The van der Waals surface area contributed by atoms with Gasteiger partial charge in [0.1, 0.15) is 11.5 Å². The quantitative estimate of drug-likeness (QED) is 0.559. The van der Waals surface area contributed by atoms with Crippen molar-refractivity contribution in [2.45, 2.75) is 39.8 Å². The number of anilines is 1. The number of carbonyl (C=O) groups excluding carboxylic acids is 2. The summed E-state index contributed by atoms with van der Waals surface area (Å²) in [5.74, 6) is 0.939. The second kappa shape index (κ2) is 9.72. The van der Waals surface area contributed by atoms with E-state index in [9.17, 15) is 9.59 Å². The van der Waals surface area contributed by atoms with E-state index in [4.69, 9.17) is 14.0 Å². The molecular formula is C24H26N4O5. The monoisotopic (exact) mass is 450 g/mol. The first-order chi connectivity index (χ1) is 15.9. The van der Waals surface area contributed by atoms with Crippen LogP contribution in [0.5, 0.6) is 11.5 Å². The number of nitrogens with one attached hydrogen (secondary N) is 1. The Labute approximate surface area is 191 Å². The van der Waals surface area contributed by atoms with E-state index in [1.165, 1.54) is 0 Å². The Kier molecular flexibility index (Phi) is 6.58. The third kappa shape index (κ3) is 5.14. The minimum atomic E-state index is -0.467. The van der Waals surface area contributed by atoms with Gasteiger partial charge in [0.15, 0.2) is 6.61 Å². The Bertz CT molecular complexity index is 1140. The van der Waals surface area contributed by atoms with E-state index in [0.717, 1.165) is 17.7 Å². The van der Waals surface area contributed by atoms with Gasteiger partial charge < -0.3 is 24.2 Å². The Morgan fingerprint density at radius 2 is 2.00 bits per heavy atom. The summed E-state index contributed by atoms with van der Waals surface area (Å²) in [4.78, 5) is 30.5. The SMILES string of the molecule is CCCN1C(=O)COc2cc(-c3noc(C(=O)NCc4ccc(OC(C)C)cc4)n3)ccc21. The van der Waals surface area contributed by atoms with Gasteiger partial charge in [-0.2, -0.15) is 4.98 Å². The maximum atomic E-state index is 12.5. The van der Waals surface area contributed by atoms with Gasteiger partial charge in [-0.25, -0.2) is 0 Å². The molecule has 2 aromatic carbocycles. The zero-order valence-corrected chi connectivity index (χ0v) is 18.8. The lowest BCUT2D eigenvalue weighted by Crippen LogP contribution is -2.39. The van der Waals surface area contributed by atoms with E-state index >= 15 is 0 Å². The molecule has 9 nitrogen and oxygen atoms in total. The molecule has 0 aliphatic carbocycles.